The molecule has 0 aromatic rings. The van der Waals surface area contributed by atoms with Crippen LogP contribution in [0.3, 0.4) is 0 Å². The van der Waals surface area contributed by atoms with Crippen molar-refractivity contribution in [3.63, 3.8) is 0 Å². The van der Waals surface area contributed by atoms with E-state index in [2.05, 4.69) is 0 Å². The molecule has 0 heterocycles. The zero-order valence-corrected chi connectivity index (χ0v) is 9.38. The van der Waals surface area contributed by atoms with Gasteiger partial charge in [-0.25, -0.2) is 12.7 Å². The first-order valence-corrected chi connectivity index (χ1v) is 6.24. The topological polar surface area (TPSA) is 74.7 Å². The Bertz CT molecular complexity index is 273. The Balaban J connectivity index is 4.41. The van der Waals surface area contributed by atoms with Gasteiger partial charge in [-0.1, -0.05) is 20.3 Å². The summed E-state index contributed by atoms with van der Waals surface area (Å²) in [4.78, 5) is 10.3. The monoisotopic (exact) mass is 223 g/mol. The maximum absolute atomic E-state index is 11.4. The molecule has 84 valence electrons. The van der Waals surface area contributed by atoms with Gasteiger partial charge in [0.25, 0.3) is 0 Å². The third-order valence-electron chi connectivity index (χ3n) is 1.81. The van der Waals surface area contributed by atoms with Crippen molar-refractivity contribution in [1.29, 1.82) is 0 Å². The lowest BCUT2D eigenvalue weighted by Crippen LogP contribution is -2.36. The molecule has 0 atom stereocenters. The molecule has 1 N–H and O–H groups in total. The molecule has 0 saturated carbocycles. The molecule has 0 radical (unpaired) electrons. The Hall–Kier alpha value is -0.620. The second kappa shape index (κ2) is 5.98. The van der Waals surface area contributed by atoms with Crippen molar-refractivity contribution in [3.05, 3.63) is 0 Å². The number of carboxylic acid groups (broad SMARTS) is 1. The molecule has 0 saturated heterocycles. The van der Waals surface area contributed by atoms with E-state index in [-0.39, 0.29) is 0 Å². The lowest BCUT2D eigenvalue weighted by molar-refractivity contribution is -0.134. The number of nitrogens with zero attached hydrogens (tertiary/aromatic N) is 1. The number of unbranched alkanes of at least 4 members (excludes halogenated alkanes) is 1. The number of rotatable bonds is 7. The lowest BCUT2D eigenvalue weighted by Gasteiger charge is -2.18. The third-order valence-corrected chi connectivity index (χ3v) is 3.65. The summed E-state index contributed by atoms with van der Waals surface area (Å²) in [5.41, 5.74) is 0. The third kappa shape index (κ3) is 4.57. The molecule has 0 bridgehead atoms. The van der Waals surface area contributed by atoms with Gasteiger partial charge in [-0.2, -0.15) is 0 Å². The Labute approximate surface area is 84.8 Å². The molecule has 0 aliphatic heterocycles. The summed E-state index contributed by atoms with van der Waals surface area (Å²) in [7, 11) is -3.61. The summed E-state index contributed by atoms with van der Waals surface area (Å²) < 4.78 is 24.1. The fraction of sp³-hybridized carbons (Fsp3) is 0.875. The highest BCUT2D eigenvalue weighted by molar-refractivity contribution is 7.89. The molecule has 5 nitrogen and oxygen atoms in total. The first-order chi connectivity index (χ1) is 6.44. The number of carboxylic acids is 1. The van der Waals surface area contributed by atoms with Crippen LogP contribution in [0.15, 0.2) is 0 Å². The van der Waals surface area contributed by atoms with E-state index in [1.807, 2.05) is 6.92 Å². The van der Waals surface area contributed by atoms with Crippen molar-refractivity contribution >= 4 is 16.0 Å². The maximum atomic E-state index is 11.4. The average molecular weight is 223 g/mol. The van der Waals surface area contributed by atoms with E-state index in [9.17, 15) is 13.2 Å². The normalized spacial score (nSPS) is 11.9. The summed E-state index contributed by atoms with van der Waals surface area (Å²) in [6.45, 7) is 4.39. The highest BCUT2D eigenvalue weighted by Gasteiger charge is 2.22. The first kappa shape index (κ1) is 13.4. The van der Waals surface area contributed by atoms with Crippen LogP contribution in [0.4, 0.5) is 0 Å². The molecule has 0 aromatic carbocycles. The van der Waals surface area contributed by atoms with Gasteiger partial charge in [0.2, 0.25) is 10.0 Å². The van der Waals surface area contributed by atoms with Crippen LogP contribution >= 0.6 is 0 Å². The molecule has 0 amide bonds. The average Bonchev–Trinajstić information content (AvgIpc) is 2.02. The van der Waals surface area contributed by atoms with E-state index in [0.717, 1.165) is 12.8 Å². The van der Waals surface area contributed by atoms with Gasteiger partial charge in [0, 0.05) is 13.1 Å². The van der Waals surface area contributed by atoms with Gasteiger partial charge in [0.1, 0.15) is 0 Å². The van der Waals surface area contributed by atoms with Gasteiger partial charge in [0.05, 0.1) is 0 Å². The summed E-state index contributed by atoms with van der Waals surface area (Å²) in [5, 5.41) is 8.41. The molecule has 0 spiro atoms. The van der Waals surface area contributed by atoms with Crippen LogP contribution < -0.4 is 0 Å². The van der Waals surface area contributed by atoms with Crippen LogP contribution in [0.5, 0.6) is 0 Å². The zero-order valence-electron chi connectivity index (χ0n) is 8.56. The van der Waals surface area contributed by atoms with Crippen LogP contribution in [0, 0.1) is 0 Å². The van der Waals surface area contributed by atoms with Crippen molar-refractivity contribution in [1.82, 2.24) is 4.31 Å². The van der Waals surface area contributed by atoms with Gasteiger partial charge < -0.3 is 5.11 Å². The number of hydrogen-bond donors (Lipinski definition) is 1. The highest BCUT2D eigenvalue weighted by atomic mass is 32.2. The van der Waals surface area contributed by atoms with Gasteiger partial charge in [-0.15, -0.1) is 0 Å². The van der Waals surface area contributed by atoms with Gasteiger partial charge in [0.15, 0.2) is 5.75 Å². The molecule has 14 heavy (non-hydrogen) atoms. The van der Waals surface area contributed by atoms with Gasteiger partial charge in [-0.3, -0.25) is 4.79 Å². The van der Waals surface area contributed by atoms with E-state index in [1.54, 1.807) is 6.92 Å². The quantitative estimate of drug-likeness (QED) is 0.683. The van der Waals surface area contributed by atoms with Crippen LogP contribution in [0.1, 0.15) is 26.7 Å². The number of aliphatic carboxylic acids is 1. The van der Waals surface area contributed by atoms with Crippen molar-refractivity contribution in [2.45, 2.75) is 26.7 Å². The van der Waals surface area contributed by atoms with Crippen LogP contribution in [0.25, 0.3) is 0 Å². The molecule has 0 aliphatic rings. The summed E-state index contributed by atoms with van der Waals surface area (Å²) in [5.74, 6) is -2.12. The Kier molecular flexibility index (Phi) is 5.71. The fourth-order valence-corrected chi connectivity index (χ4v) is 2.37. The van der Waals surface area contributed by atoms with E-state index in [4.69, 9.17) is 5.11 Å². The smallest absolute Gasteiger partial charge is 0.320 e. The largest absolute Gasteiger partial charge is 0.480 e. The molecule has 0 aliphatic carbocycles. The van der Waals surface area contributed by atoms with E-state index >= 15 is 0 Å². The van der Waals surface area contributed by atoms with Crippen molar-refractivity contribution in [2.24, 2.45) is 0 Å². The van der Waals surface area contributed by atoms with Gasteiger partial charge in [-0.05, 0) is 6.42 Å². The highest BCUT2D eigenvalue weighted by Crippen LogP contribution is 2.03. The molecule has 0 fully saturated rings. The van der Waals surface area contributed by atoms with Crippen LogP contribution in [-0.4, -0.2) is 42.6 Å². The summed E-state index contributed by atoms with van der Waals surface area (Å²) >= 11 is 0. The Morgan fingerprint density at radius 3 is 2.29 bits per heavy atom. The number of carbonyl (C=O) groups is 1. The Morgan fingerprint density at radius 2 is 1.93 bits per heavy atom. The molecular formula is C8H17NO4S. The molecule has 0 aromatic heterocycles. The summed E-state index contributed by atoms with van der Waals surface area (Å²) in [6.07, 6.45) is 1.64. The Morgan fingerprint density at radius 1 is 1.36 bits per heavy atom. The van der Waals surface area contributed by atoms with Crippen LogP contribution in [-0.2, 0) is 14.8 Å². The minimum atomic E-state index is -3.61. The minimum absolute atomic E-state index is 0.329. The van der Waals surface area contributed by atoms with Crippen molar-refractivity contribution in [2.75, 3.05) is 18.8 Å². The van der Waals surface area contributed by atoms with E-state index in [0.29, 0.717) is 13.1 Å². The summed E-state index contributed by atoms with van der Waals surface area (Å²) in [6, 6.07) is 0. The van der Waals surface area contributed by atoms with E-state index in [1.165, 1.54) is 4.31 Å². The molecule has 6 heteroatoms. The van der Waals surface area contributed by atoms with Crippen molar-refractivity contribution < 1.29 is 18.3 Å². The van der Waals surface area contributed by atoms with Gasteiger partial charge >= 0.3 is 5.97 Å². The van der Waals surface area contributed by atoms with Crippen LogP contribution in [0.2, 0.25) is 0 Å². The molecule has 0 unspecified atom stereocenters. The lowest BCUT2D eigenvalue weighted by atomic mass is 10.3. The fourth-order valence-electron chi connectivity index (χ4n) is 1.08. The minimum Gasteiger partial charge on any atom is -0.480 e. The zero-order chi connectivity index (χ0) is 11.2. The number of hydrogen-bond acceptors (Lipinski definition) is 3. The first-order valence-electron chi connectivity index (χ1n) is 4.63. The SMILES string of the molecule is CCCCN(CC)S(=O)(=O)CC(=O)O. The second-order valence-corrected chi connectivity index (χ2v) is 4.96. The molecule has 0 rings (SSSR count). The predicted molar refractivity (Wildman–Crippen MR) is 53.6 cm³/mol. The molecular weight excluding hydrogens is 206 g/mol. The standard InChI is InChI=1S/C8H17NO4S/c1-3-5-6-9(4-2)14(12,13)7-8(10)11/h3-7H2,1-2H3,(H,10,11). The van der Waals surface area contributed by atoms with Crippen molar-refractivity contribution in [3.8, 4) is 0 Å². The number of sulfonamides is 1. The maximum Gasteiger partial charge on any atom is 0.320 e. The predicted octanol–water partition coefficient (Wildman–Crippen LogP) is 0.523. The van der Waals surface area contributed by atoms with E-state index < -0.39 is 21.7 Å². The second-order valence-electron chi connectivity index (χ2n) is 3.00.